The van der Waals surface area contributed by atoms with Gasteiger partial charge in [0.2, 0.25) is 5.95 Å². The summed E-state index contributed by atoms with van der Waals surface area (Å²) in [7, 11) is 0. The first-order valence-corrected chi connectivity index (χ1v) is 16.9. The minimum atomic E-state index is -0.604. The highest BCUT2D eigenvalue weighted by Crippen LogP contribution is 2.38. The summed E-state index contributed by atoms with van der Waals surface area (Å²) >= 11 is 0. The van der Waals surface area contributed by atoms with Gasteiger partial charge in [-0.25, -0.2) is 14.8 Å². The minimum absolute atomic E-state index is 0.00593. The molecular formula is C38H44N6O5. The highest BCUT2D eigenvalue weighted by molar-refractivity contribution is 5.87. The number of nitrogens with zero attached hydrogens (tertiary/aromatic N) is 4. The summed E-state index contributed by atoms with van der Waals surface area (Å²) in [6, 6.07) is 26.2. The van der Waals surface area contributed by atoms with Gasteiger partial charge in [-0.05, 0) is 41.7 Å². The van der Waals surface area contributed by atoms with Crippen LogP contribution < -0.4 is 15.5 Å². The molecule has 256 valence electrons. The molecule has 2 saturated heterocycles. The van der Waals surface area contributed by atoms with Gasteiger partial charge in [-0.15, -0.1) is 0 Å². The Morgan fingerprint density at radius 3 is 2.18 bits per heavy atom. The number of anilines is 1. The fourth-order valence-electron chi connectivity index (χ4n) is 6.24. The molecule has 3 heterocycles. The third kappa shape index (κ3) is 9.48. The largest absolute Gasteiger partial charge is 0.392 e. The molecule has 0 spiro atoms. The van der Waals surface area contributed by atoms with Crippen LogP contribution in [0.4, 0.5) is 10.7 Å². The number of aliphatic hydroxyl groups is 1. The van der Waals surface area contributed by atoms with Crippen LogP contribution in [0, 0.1) is 0 Å². The van der Waals surface area contributed by atoms with E-state index in [9.17, 15) is 14.7 Å². The number of urea groups is 1. The van der Waals surface area contributed by atoms with Gasteiger partial charge in [0.05, 0.1) is 24.9 Å². The normalized spacial score (nSPS) is 20.4. The average molecular weight is 665 g/mol. The fourth-order valence-corrected chi connectivity index (χ4v) is 6.24. The Morgan fingerprint density at radius 1 is 0.837 bits per heavy atom. The molecule has 0 bridgehead atoms. The van der Waals surface area contributed by atoms with E-state index in [1.54, 1.807) is 12.4 Å². The predicted octanol–water partition coefficient (Wildman–Crippen LogP) is 4.34. The van der Waals surface area contributed by atoms with Crippen molar-refractivity contribution in [1.29, 1.82) is 0 Å². The first-order chi connectivity index (χ1) is 23.9. The Kier molecular flexibility index (Phi) is 11.6. The Balaban J connectivity index is 1.07. The Bertz CT molecular complexity index is 1630. The summed E-state index contributed by atoms with van der Waals surface area (Å²) in [5, 5.41) is 15.2. The zero-order chi connectivity index (χ0) is 34.0. The van der Waals surface area contributed by atoms with Crippen molar-refractivity contribution < 1.29 is 24.2 Å². The van der Waals surface area contributed by atoms with Crippen LogP contribution in [-0.2, 0) is 33.8 Å². The number of piperazine rings is 1. The van der Waals surface area contributed by atoms with E-state index in [1.165, 1.54) is 6.92 Å². The molecule has 1 unspecified atom stereocenters. The van der Waals surface area contributed by atoms with Crippen molar-refractivity contribution in [2.45, 2.75) is 57.5 Å². The van der Waals surface area contributed by atoms with Crippen LogP contribution in [0.2, 0.25) is 0 Å². The molecule has 3 aromatic carbocycles. The lowest BCUT2D eigenvalue weighted by molar-refractivity contribution is -0.253. The highest BCUT2D eigenvalue weighted by atomic mass is 16.7. The SMILES string of the molecule is CC(=O)[C@@H](Cc1ccccc1)NC(=O)NCc1ccc(C2O[C@H](CN3CCN(c4ncccn4)CC3)C[C@H](c3ccc(CO)cc3)O2)cc1. The number of ether oxygens (including phenoxy) is 2. The molecule has 0 aliphatic carbocycles. The van der Waals surface area contributed by atoms with Gasteiger partial charge in [0.25, 0.3) is 0 Å². The Labute approximate surface area is 287 Å². The molecule has 11 nitrogen and oxygen atoms in total. The van der Waals surface area contributed by atoms with Crippen molar-refractivity contribution in [3.05, 3.63) is 125 Å². The van der Waals surface area contributed by atoms with Crippen molar-refractivity contribution in [2.75, 3.05) is 37.6 Å². The van der Waals surface area contributed by atoms with Crippen molar-refractivity contribution in [3.8, 4) is 0 Å². The Morgan fingerprint density at radius 2 is 1.51 bits per heavy atom. The molecule has 49 heavy (non-hydrogen) atoms. The summed E-state index contributed by atoms with van der Waals surface area (Å²) in [5.74, 6) is 0.666. The monoisotopic (exact) mass is 664 g/mol. The number of ketones is 1. The van der Waals surface area contributed by atoms with E-state index in [4.69, 9.17) is 9.47 Å². The van der Waals surface area contributed by atoms with E-state index in [0.717, 1.165) is 66.5 Å². The summed E-state index contributed by atoms with van der Waals surface area (Å²) in [5.41, 5.74) is 4.68. The zero-order valence-electron chi connectivity index (χ0n) is 27.8. The van der Waals surface area contributed by atoms with E-state index < -0.39 is 18.4 Å². The van der Waals surface area contributed by atoms with Crippen molar-refractivity contribution in [2.24, 2.45) is 0 Å². The molecule has 0 saturated carbocycles. The van der Waals surface area contributed by atoms with E-state index in [-0.39, 0.29) is 24.6 Å². The lowest BCUT2D eigenvalue weighted by Crippen LogP contribution is -2.50. The van der Waals surface area contributed by atoms with Gasteiger partial charge in [0, 0.05) is 63.6 Å². The van der Waals surface area contributed by atoms with Gasteiger partial charge in [0.15, 0.2) is 12.1 Å². The van der Waals surface area contributed by atoms with Crippen LogP contribution in [-0.4, -0.2) is 76.7 Å². The number of rotatable bonds is 12. The maximum Gasteiger partial charge on any atom is 0.315 e. The quantitative estimate of drug-likeness (QED) is 0.203. The lowest BCUT2D eigenvalue weighted by atomic mass is 9.99. The molecule has 2 fully saturated rings. The minimum Gasteiger partial charge on any atom is -0.392 e. The summed E-state index contributed by atoms with van der Waals surface area (Å²) in [6.07, 6.45) is 3.89. The average Bonchev–Trinajstić information content (AvgIpc) is 3.15. The number of aliphatic hydroxyl groups excluding tert-OH is 1. The molecule has 2 aliphatic rings. The molecule has 11 heteroatoms. The van der Waals surface area contributed by atoms with Crippen molar-refractivity contribution >= 4 is 17.8 Å². The third-order valence-electron chi connectivity index (χ3n) is 9.07. The summed E-state index contributed by atoms with van der Waals surface area (Å²) in [6.45, 7) is 6.02. The first kappa shape index (κ1) is 34.2. The van der Waals surface area contributed by atoms with Gasteiger partial charge in [0.1, 0.15) is 0 Å². The number of carbonyl (C=O) groups is 2. The van der Waals surface area contributed by atoms with Crippen LogP contribution >= 0.6 is 0 Å². The molecule has 3 N–H and O–H groups in total. The number of hydrogen-bond acceptors (Lipinski definition) is 9. The molecule has 2 amide bonds. The molecule has 4 aromatic rings. The van der Waals surface area contributed by atoms with Gasteiger partial charge in [-0.3, -0.25) is 9.69 Å². The second-order valence-electron chi connectivity index (χ2n) is 12.6. The second kappa shape index (κ2) is 16.6. The molecule has 6 rings (SSSR count). The van der Waals surface area contributed by atoms with Crippen LogP contribution in [0.3, 0.4) is 0 Å². The molecule has 2 aliphatic heterocycles. The van der Waals surface area contributed by atoms with E-state index in [0.29, 0.717) is 19.4 Å². The maximum absolute atomic E-state index is 12.7. The van der Waals surface area contributed by atoms with Crippen molar-refractivity contribution in [3.63, 3.8) is 0 Å². The molecular weight excluding hydrogens is 620 g/mol. The van der Waals surface area contributed by atoms with E-state index in [1.807, 2.05) is 84.9 Å². The zero-order valence-corrected chi connectivity index (χ0v) is 27.8. The standard InChI is InChI=1S/C38H44N6O5/c1-27(46)34(22-28-6-3-2-4-7-28)42-38(47)41-24-29-8-14-32(15-9-29)36-48-33(23-35(49-36)31-12-10-30(26-45)11-13-31)25-43-18-20-44(21-19-43)37-39-16-5-17-40-37/h2-17,33-36,45H,18-26H2,1H3,(H2,41,42,47)/t33-,34+,35+,36?/m0/s1. The van der Waals surface area contributed by atoms with Gasteiger partial charge < -0.3 is 30.1 Å². The topological polar surface area (TPSA) is 129 Å². The number of carbonyl (C=O) groups excluding carboxylic acids is 2. The third-order valence-corrected chi connectivity index (χ3v) is 9.07. The lowest BCUT2D eigenvalue weighted by Gasteiger charge is -2.40. The first-order valence-electron chi connectivity index (χ1n) is 16.9. The number of hydrogen-bond donors (Lipinski definition) is 3. The molecule has 1 aromatic heterocycles. The molecule has 0 radical (unpaired) electrons. The van der Waals surface area contributed by atoms with Crippen LogP contribution in [0.5, 0.6) is 0 Å². The number of amides is 2. The number of aromatic nitrogens is 2. The number of nitrogens with one attached hydrogen (secondary N) is 2. The molecule has 4 atom stereocenters. The van der Waals surface area contributed by atoms with Crippen molar-refractivity contribution in [1.82, 2.24) is 25.5 Å². The van der Waals surface area contributed by atoms with Gasteiger partial charge in [-0.2, -0.15) is 0 Å². The summed E-state index contributed by atoms with van der Waals surface area (Å²) < 4.78 is 13.1. The van der Waals surface area contributed by atoms with Crippen LogP contribution in [0.15, 0.2) is 97.3 Å². The maximum atomic E-state index is 12.7. The van der Waals surface area contributed by atoms with Crippen LogP contribution in [0.1, 0.15) is 53.6 Å². The fraction of sp³-hybridized carbons (Fsp3) is 0.368. The number of benzene rings is 3. The summed E-state index contributed by atoms with van der Waals surface area (Å²) in [4.78, 5) is 38.3. The Hall–Kier alpha value is -4.68. The number of Topliss-reactive ketones (excluding diaryl/α,β-unsaturated/α-hetero) is 1. The van der Waals surface area contributed by atoms with E-state index in [2.05, 4.69) is 30.4 Å². The second-order valence-corrected chi connectivity index (χ2v) is 12.6. The van der Waals surface area contributed by atoms with E-state index >= 15 is 0 Å². The van der Waals surface area contributed by atoms with Gasteiger partial charge in [-0.1, -0.05) is 78.9 Å². The van der Waals surface area contributed by atoms with Gasteiger partial charge >= 0.3 is 6.03 Å². The predicted molar refractivity (Wildman–Crippen MR) is 186 cm³/mol. The smallest absolute Gasteiger partial charge is 0.315 e. The van der Waals surface area contributed by atoms with Crippen LogP contribution in [0.25, 0.3) is 0 Å². The highest BCUT2D eigenvalue weighted by Gasteiger charge is 2.34.